The van der Waals surface area contributed by atoms with Gasteiger partial charge in [-0.05, 0) is 45.9 Å². The molecule has 0 spiro atoms. The Hall–Kier alpha value is -1.85. The van der Waals surface area contributed by atoms with Crippen molar-refractivity contribution in [3.05, 3.63) is 29.8 Å². The third kappa shape index (κ3) is 4.86. The van der Waals surface area contributed by atoms with Crippen molar-refractivity contribution in [2.45, 2.75) is 32.6 Å². The molecule has 1 aromatic carbocycles. The van der Waals surface area contributed by atoms with Gasteiger partial charge in [0.2, 0.25) is 0 Å². The van der Waals surface area contributed by atoms with E-state index in [9.17, 15) is 17.4 Å². The minimum absolute atomic E-state index is 0.0619. The van der Waals surface area contributed by atoms with E-state index in [1.807, 2.05) is 27.7 Å². The highest BCUT2D eigenvalue weighted by molar-refractivity contribution is 8.03. The van der Waals surface area contributed by atoms with Crippen molar-refractivity contribution in [1.82, 2.24) is 0 Å². The maximum atomic E-state index is 13.4. The second-order valence-corrected chi connectivity index (χ2v) is 11.8. The Balaban J connectivity index is 2.56. The first-order valence-corrected chi connectivity index (χ1v) is 11.3. The Kier molecular flexibility index (Phi) is 5.28. The van der Waals surface area contributed by atoms with Gasteiger partial charge in [0.15, 0.2) is 0 Å². The maximum absolute atomic E-state index is 13.4. The molecular weight excluding hydrogens is 374 g/mol. The highest BCUT2D eigenvalue weighted by Crippen LogP contribution is 2.30. The lowest BCUT2D eigenvalue weighted by Crippen LogP contribution is -2.28. The smallest absolute Gasteiger partial charge is 0.337 e. The zero-order valence-corrected chi connectivity index (χ0v) is 17.2. The fraction of sp³-hybridized carbons (Fsp3) is 0.500. The summed E-state index contributed by atoms with van der Waals surface area (Å²) >= 11 is 0. The monoisotopic (exact) mass is 397 g/mol. The normalized spacial score (nSPS) is 20.2. The lowest BCUT2D eigenvalue weighted by molar-refractivity contribution is 0.0600. The van der Waals surface area contributed by atoms with E-state index in [1.165, 1.54) is 31.4 Å². The average Bonchev–Trinajstić information content (AvgIpc) is 2.58. The van der Waals surface area contributed by atoms with Crippen LogP contribution in [0.3, 0.4) is 0 Å². The summed E-state index contributed by atoms with van der Waals surface area (Å²) in [5, 5.41) is 0. The molecule has 0 aliphatic carbocycles. The second kappa shape index (κ2) is 6.71. The van der Waals surface area contributed by atoms with Gasteiger partial charge in [0.1, 0.15) is 0 Å². The lowest BCUT2D eigenvalue weighted by Gasteiger charge is -2.21. The van der Waals surface area contributed by atoms with E-state index in [-0.39, 0.29) is 22.0 Å². The fourth-order valence-electron chi connectivity index (χ4n) is 2.77. The molecule has 0 saturated carbocycles. The van der Waals surface area contributed by atoms with E-state index in [1.54, 1.807) is 0 Å². The first-order chi connectivity index (χ1) is 11.8. The number of ether oxygens (including phenoxy) is 1. The van der Waals surface area contributed by atoms with Crippen molar-refractivity contribution in [1.29, 1.82) is 0 Å². The summed E-state index contributed by atoms with van der Waals surface area (Å²) in [7, 11) is -6.09. The molecule has 0 unspecified atom stereocenters. The van der Waals surface area contributed by atoms with Gasteiger partial charge < -0.3 is 4.74 Å². The Labute approximate surface area is 155 Å². The Morgan fingerprint density at radius 3 is 2.19 bits per heavy atom. The van der Waals surface area contributed by atoms with Crippen LogP contribution in [-0.2, 0) is 24.5 Å². The van der Waals surface area contributed by atoms with Gasteiger partial charge in [-0.15, -0.1) is 3.77 Å². The summed E-state index contributed by atoms with van der Waals surface area (Å²) in [6.45, 7) is 7.28. The van der Waals surface area contributed by atoms with Crippen LogP contribution in [0.25, 0.3) is 0 Å². The maximum Gasteiger partial charge on any atom is 0.337 e. The molecule has 0 atom stereocenters. The van der Waals surface area contributed by atoms with Gasteiger partial charge in [-0.2, -0.15) is 8.42 Å². The molecule has 0 aromatic heterocycles. The largest absolute Gasteiger partial charge is 0.465 e. The van der Waals surface area contributed by atoms with E-state index in [4.69, 9.17) is 0 Å². The van der Waals surface area contributed by atoms with E-state index in [0.717, 1.165) is 0 Å². The molecular formula is C18H23NO5S2. The third-order valence-electron chi connectivity index (χ3n) is 3.70. The number of nitrogens with zero attached hydrogens (tertiary/aromatic N) is 1. The number of methoxy groups -OCH3 is 1. The SMILES string of the molecule is COC(=O)c1cccc(S(=O)(=O)N=S2(=O)CC(C)(C)C#CC(C)(C)C2)c1. The molecule has 8 heteroatoms. The zero-order valence-electron chi connectivity index (χ0n) is 15.5. The van der Waals surface area contributed by atoms with E-state index in [0.29, 0.717) is 0 Å². The van der Waals surface area contributed by atoms with Crippen LogP contribution in [0.4, 0.5) is 0 Å². The predicted octanol–water partition coefficient (Wildman–Crippen LogP) is 2.70. The van der Waals surface area contributed by atoms with Gasteiger partial charge >= 0.3 is 5.97 Å². The van der Waals surface area contributed by atoms with Crippen LogP contribution >= 0.6 is 0 Å². The topological polar surface area (TPSA) is 89.9 Å². The van der Waals surface area contributed by atoms with Gasteiger partial charge in [0.25, 0.3) is 10.0 Å². The van der Waals surface area contributed by atoms with Crippen LogP contribution in [0.15, 0.2) is 32.9 Å². The molecule has 0 radical (unpaired) electrons. The molecule has 0 saturated heterocycles. The molecule has 1 aliphatic heterocycles. The Bertz CT molecular complexity index is 989. The molecule has 0 fully saturated rings. The average molecular weight is 398 g/mol. The van der Waals surface area contributed by atoms with Crippen LogP contribution in [0.2, 0.25) is 0 Å². The summed E-state index contributed by atoms with van der Waals surface area (Å²) in [5.41, 5.74) is -1.14. The van der Waals surface area contributed by atoms with Crippen LogP contribution < -0.4 is 0 Å². The van der Waals surface area contributed by atoms with Gasteiger partial charge in [-0.1, -0.05) is 17.9 Å². The number of esters is 1. The minimum Gasteiger partial charge on any atom is -0.465 e. The number of carbonyl (C=O) groups is 1. The highest BCUT2D eigenvalue weighted by atomic mass is 32.3. The van der Waals surface area contributed by atoms with Crippen molar-refractivity contribution >= 4 is 25.7 Å². The molecule has 6 nitrogen and oxygen atoms in total. The molecule has 1 heterocycles. The summed E-state index contributed by atoms with van der Waals surface area (Å²) in [6, 6.07) is 5.36. The molecule has 1 aromatic rings. The van der Waals surface area contributed by atoms with E-state index in [2.05, 4.69) is 20.3 Å². The fourth-order valence-corrected chi connectivity index (χ4v) is 7.99. The lowest BCUT2D eigenvalue weighted by atomic mass is 9.92. The zero-order chi connectivity index (χ0) is 19.8. The number of sulfonamides is 1. The summed E-state index contributed by atoms with van der Waals surface area (Å²) in [6.07, 6.45) is 0. The summed E-state index contributed by atoms with van der Waals surface area (Å²) in [5.74, 6) is 5.62. The number of rotatable bonds is 3. The molecule has 1 aliphatic rings. The van der Waals surface area contributed by atoms with Crippen LogP contribution in [-0.4, -0.2) is 37.2 Å². The van der Waals surface area contributed by atoms with Crippen LogP contribution in [0.1, 0.15) is 38.1 Å². The standard InChI is InChI=1S/C18H23NO5S2/c1-17(2)9-10-18(3,4)13-25(21,12-17)19-26(22,23)15-8-6-7-14(11-15)16(20)24-5/h6-8,11H,12-13H2,1-5H3. The van der Waals surface area contributed by atoms with Crippen molar-refractivity contribution in [2.24, 2.45) is 14.6 Å². The van der Waals surface area contributed by atoms with E-state index < -0.39 is 36.6 Å². The molecule has 0 N–H and O–H groups in total. The second-order valence-electron chi connectivity index (χ2n) is 7.65. The van der Waals surface area contributed by atoms with Gasteiger partial charge in [-0.3, -0.25) is 0 Å². The van der Waals surface area contributed by atoms with Crippen LogP contribution in [0, 0.1) is 22.7 Å². The highest BCUT2D eigenvalue weighted by Gasteiger charge is 2.34. The predicted molar refractivity (Wildman–Crippen MR) is 101 cm³/mol. The van der Waals surface area contributed by atoms with Crippen molar-refractivity contribution in [3.63, 3.8) is 0 Å². The van der Waals surface area contributed by atoms with Crippen molar-refractivity contribution in [3.8, 4) is 11.8 Å². The molecule has 142 valence electrons. The number of hydrogen-bond donors (Lipinski definition) is 0. The number of hydrogen-bond acceptors (Lipinski definition) is 5. The van der Waals surface area contributed by atoms with Gasteiger partial charge in [0, 0.05) is 22.3 Å². The molecule has 2 rings (SSSR count). The molecule has 26 heavy (non-hydrogen) atoms. The van der Waals surface area contributed by atoms with Crippen molar-refractivity contribution in [2.75, 3.05) is 18.6 Å². The summed E-state index contributed by atoms with van der Waals surface area (Å²) < 4.78 is 47.4. The number of benzene rings is 1. The third-order valence-corrected chi connectivity index (χ3v) is 8.77. The Morgan fingerprint density at radius 1 is 1.15 bits per heavy atom. The van der Waals surface area contributed by atoms with Gasteiger partial charge in [-0.25, -0.2) is 9.00 Å². The van der Waals surface area contributed by atoms with E-state index >= 15 is 0 Å². The summed E-state index contributed by atoms with van der Waals surface area (Å²) in [4.78, 5) is 11.4. The first-order valence-electron chi connectivity index (χ1n) is 7.99. The first kappa shape index (κ1) is 20.5. The molecule has 0 bridgehead atoms. The molecule has 0 amide bonds. The van der Waals surface area contributed by atoms with Crippen LogP contribution in [0.5, 0.6) is 0 Å². The van der Waals surface area contributed by atoms with Gasteiger partial charge in [0.05, 0.1) is 27.3 Å². The van der Waals surface area contributed by atoms with Crippen molar-refractivity contribution < 1.29 is 22.2 Å². The Morgan fingerprint density at radius 2 is 1.69 bits per heavy atom. The quantitative estimate of drug-likeness (QED) is 0.578. The minimum atomic E-state index is -4.21. The number of carbonyl (C=O) groups excluding carboxylic acids is 1.